The average Bonchev–Trinajstić information content (AvgIpc) is 3.06. The van der Waals surface area contributed by atoms with Crippen LogP contribution < -0.4 is 24.3 Å². The molecule has 0 aliphatic carbocycles. The van der Waals surface area contributed by atoms with Gasteiger partial charge in [-0.2, -0.15) is 0 Å². The molecule has 32 heavy (non-hydrogen) atoms. The van der Waals surface area contributed by atoms with Crippen molar-refractivity contribution in [2.45, 2.75) is 0 Å². The number of nitrogens with one attached hydrogen (secondary N) is 1. The van der Waals surface area contributed by atoms with Gasteiger partial charge in [-0.15, -0.1) is 0 Å². The molecule has 1 saturated heterocycles. The van der Waals surface area contributed by atoms with Gasteiger partial charge in [0.15, 0.2) is 11.5 Å². The van der Waals surface area contributed by atoms with Gasteiger partial charge in [0.25, 0.3) is 11.1 Å². The van der Waals surface area contributed by atoms with Crippen LogP contribution in [0.4, 0.5) is 10.5 Å². The maximum absolute atomic E-state index is 12.8. The molecule has 0 bridgehead atoms. The number of imide groups is 1. The standard InChI is InChI=1S/C22H20N2O7S/c1-28-15-5-3-13(17(11-15)29-2)9-19-21(26)24(22(27)32-19)12-20(25)23-14-4-6-16-18(10-14)31-8-7-30-16/h3-6,9-11H,7-8,12H2,1-2H3,(H,23,25)/b19-9+. The van der Waals surface area contributed by atoms with E-state index in [2.05, 4.69) is 5.32 Å². The lowest BCUT2D eigenvalue weighted by atomic mass is 10.1. The van der Waals surface area contributed by atoms with Crippen LogP contribution in [0.5, 0.6) is 23.0 Å². The second-order valence-electron chi connectivity index (χ2n) is 6.78. The van der Waals surface area contributed by atoms with Crippen LogP contribution in [0.25, 0.3) is 6.08 Å². The fourth-order valence-corrected chi connectivity index (χ4v) is 4.01. The number of amides is 3. The Morgan fingerprint density at radius 2 is 1.88 bits per heavy atom. The third kappa shape index (κ3) is 4.50. The molecule has 10 heteroatoms. The van der Waals surface area contributed by atoms with E-state index in [-0.39, 0.29) is 4.91 Å². The normalized spacial score (nSPS) is 16.3. The van der Waals surface area contributed by atoms with Crippen molar-refractivity contribution in [2.24, 2.45) is 0 Å². The van der Waals surface area contributed by atoms with Crippen molar-refractivity contribution in [1.29, 1.82) is 0 Å². The maximum Gasteiger partial charge on any atom is 0.294 e. The summed E-state index contributed by atoms with van der Waals surface area (Å²) in [5, 5.41) is 2.15. The van der Waals surface area contributed by atoms with Crippen molar-refractivity contribution < 1.29 is 33.3 Å². The molecule has 1 N–H and O–H groups in total. The summed E-state index contributed by atoms with van der Waals surface area (Å²) in [4.78, 5) is 38.7. The zero-order valence-corrected chi connectivity index (χ0v) is 18.2. The molecule has 2 aliphatic rings. The summed E-state index contributed by atoms with van der Waals surface area (Å²) in [5.41, 5.74) is 1.09. The number of benzene rings is 2. The van der Waals surface area contributed by atoms with Crippen LogP contribution in [0.15, 0.2) is 41.3 Å². The van der Waals surface area contributed by atoms with Gasteiger partial charge in [0.05, 0.1) is 19.1 Å². The van der Waals surface area contributed by atoms with E-state index in [1.165, 1.54) is 14.2 Å². The number of fused-ring (bicyclic) bond motifs is 1. The van der Waals surface area contributed by atoms with Crippen LogP contribution in [-0.4, -0.2) is 55.9 Å². The highest BCUT2D eigenvalue weighted by Gasteiger charge is 2.36. The molecule has 9 nitrogen and oxygen atoms in total. The van der Waals surface area contributed by atoms with Gasteiger partial charge in [-0.05, 0) is 42.1 Å². The predicted molar refractivity (Wildman–Crippen MR) is 118 cm³/mol. The number of nitrogens with zero attached hydrogens (tertiary/aromatic N) is 1. The van der Waals surface area contributed by atoms with Crippen LogP contribution in [-0.2, 0) is 9.59 Å². The highest BCUT2D eigenvalue weighted by Crippen LogP contribution is 2.35. The molecule has 2 aromatic carbocycles. The molecule has 0 radical (unpaired) electrons. The molecule has 0 spiro atoms. The molecule has 0 atom stereocenters. The van der Waals surface area contributed by atoms with Crippen molar-refractivity contribution in [2.75, 3.05) is 39.3 Å². The largest absolute Gasteiger partial charge is 0.497 e. The van der Waals surface area contributed by atoms with E-state index in [4.69, 9.17) is 18.9 Å². The number of rotatable bonds is 6. The second-order valence-corrected chi connectivity index (χ2v) is 7.78. The summed E-state index contributed by atoms with van der Waals surface area (Å²) in [5.74, 6) is 1.16. The molecule has 4 rings (SSSR count). The average molecular weight is 456 g/mol. The summed E-state index contributed by atoms with van der Waals surface area (Å²) in [6.45, 7) is 0.483. The van der Waals surface area contributed by atoms with Gasteiger partial charge in [0.1, 0.15) is 31.3 Å². The van der Waals surface area contributed by atoms with E-state index in [1.54, 1.807) is 42.5 Å². The first-order chi connectivity index (χ1) is 15.5. The monoisotopic (exact) mass is 456 g/mol. The maximum atomic E-state index is 12.8. The Balaban J connectivity index is 1.45. The van der Waals surface area contributed by atoms with Gasteiger partial charge in [-0.25, -0.2) is 0 Å². The lowest BCUT2D eigenvalue weighted by molar-refractivity contribution is -0.127. The summed E-state index contributed by atoms with van der Waals surface area (Å²) < 4.78 is 21.4. The van der Waals surface area contributed by atoms with E-state index >= 15 is 0 Å². The number of ether oxygens (including phenoxy) is 4. The molecule has 1 fully saturated rings. The van der Waals surface area contributed by atoms with E-state index in [0.717, 1.165) is 16.7 Å². The SMILES string of the molecule is COc1ccc(/C=C2/SC(=O)N(CC(=O)Nc3ccc4c(c3)OCCO4)C2=O)c(OC)c1. The minimum Gasteiger partial charge on any atom is -0.497 e. The molecule has 0 unspecified atom stereocenters. The van der Waals surface area contributed by atoms with Crippen LogP contribution in [0.2, 0.25) is 0 Å². The van der Waals surface area contributed by atoms with Crippen LogP contribution in [0.3, 0.4) is 0 Å². The zero-order chi connectivity index (χ0) is 22.7. The number of carbonyl (C=O) groups is 3. The number of thioether (sulfide) groups is 1. The lowest BCUT2D eigenvalue weighted by Crippen LogP contribution is -2.36. The minimum absolute atomic E-state index is 0.200. The topological polar surface area (TPSA) is 103 Å². The summed E-state index contributed by atoms with van der Waals surface area (Å²) >= 11 is 0.768. The van der Waals surface area contributed by atoms with Crippen LogP contribution in [0.1, 0.15) is 5.56 Å². The Bertz CT molecular complexity index is 1120. The number of hydrogen-bond donors (Lipinski definition) is 1. The fourth-order valence-electron chi connectivity index (χ4n) is 3.18. The molecular weight excluding hydrogens is 436 g/mol. The highest BCUT2D eigenvalue weighted by molar-refractivity contribution is 8.18. The second kappa shape index (κ2) is 9.23. The molecule has 2 heterocycles. The van der Waals surface area contributed by atoms with E-state index in [1.807, 2.05) is 0 Å². The molecule has 0 aromatic heterocycles. The minimum atomic E-state index is -0.546. The molecule has 166 valence electrons. The Morgan fingerprint density at radius 3 is 2.62 bits per heavy atom. The molecule has 2 aliphatic heterocycles. The van der Waals surface area contributed by atoms with Crippen LogP contribution in [0, 0.1) is 0 Å². The Labute approximate surface area is 188 Å². The van der Waals surface area contributed by atoms with Gasteiger partial charge in [-0.3, -0.25) is 19.3 Å². The van der Waals surface area contributed by atoms with Crippen molar-refractivity contribution >= 4 is 40.6 Å². The van der Waals surface area contributed by atoms with E-state index in [0.29, 0.717) is 47.5 Å². The number of carbonyl (C=O) groups excluding carboxylic acids is 3. The van der Waals surface area contributed by atoms with Gasteiger partial charge in [0.2, 0.25) is 5.91 Å². The molecule has 2 aromatic rings. The van der Waals surface area contributed by atoms with Gasteiger partial charge in [-0.1, -0.05) is 0 Å². The first-order valence-corrected chi connectivity index (χ1v) is 10.5. The predicted octanol–water partition coefficient (Wildman–Crippen LogP) is 3.15. The summed E-state index contributed by atoms with van der Waals surface area (Å²) in [6.07, 6.45) is 1.56. The summed E-state index contributed by atoms with van der Waals surface area (Å²) in [6, 6.07) is 10.1. The zero-order valence-electron chi connectivity index (χ0n) is 17.4. The third-order valence-electron chi connectivity index (χ3n) is 4.73. The van der Waals surface area contributed by atoms with Gasteiger partial charge >= 0.3 is 0 Å². The van der Waals surface area contributed by atoms with Crippen molar-refractivity contribution in [3.63, 3.8) is 0 Å². The Morgan fingerprint density at radius 1 is 1.09 bits per heavy atom. The fraction of sp³-hybridized carbons (Fsp3) is 0.227. The van der Waals surface area contributed by atoms with Gasteiger partial charge in [0, 0.05) is 23.4 Å². The lowest BCUT2D eigenvalue weighted by Gasteiger charge is -2.19. The van der Waals surface area contributed by atoms with Crippen molar-refractivity contribution in [1.82, 2.24) is 4.90 Å². The number of methoxy groups -OCH3 is 2. The third-order valence-corrected chi connectivity index (χ3v) is 5.64. The smallest absolute Gasteiger partial charge is 0.294 e. The molecular formula is C22H20N2O7S. The molecule has 0 saturated carbocycles. The van der Waals surface area contributed by atoms with Crippen LogP contribution >= 0.6 is 11.8 Å². The highest BCUT2D eigenvalue weighted by atomic mass is 32.2. The first-order valence-electron chi connectivity index (χ1n) is 9.65. The number of anilines is 1. The Kier molecular flexibility index (Phi) is 6.22. The van der Waals surface area contributed by atoms with Gasteiger partial charge < -0.3 is 24.3 Å². The number of hydrogen-bond acceptors (Lipinski definition) is 8. The first kappa shape index (κ1) is 21.6. The van der Waals surface area contributed by atoms with E-state index in [9.17, 15) is 14.4 Å². The summed E-state index contributed by atoms with van der Waals surface area (Å²) in [7, 11) is 3.04. The van der Waals surface area contributed by atoms with Crippen molar-refractivity contribution in [3.05, 3.63) is 46.9 Å². The quantitative estimate of drug-likeness (QED) is 0.662. The van der Waals surface area contributed by atoms with Crippen molar-refractivity contribution in [3.8, 4) is 23.0 Å². The molecule has 3 amide bonds. The Hall–Kier alpha value is -3.66. The van der Waals surface area contributed by atoms with E-state index < -0.39 is 23.6 Å².